The Balaban J connectivity index is 2.20. The van der Waals surface area contributed by atoms with Gasteiger partial charge in [0.05, 0.1) is 16.8 Å². The molecule has 1 unspecified atom stereocenters. The number of carbonyl (C=O) groups excluding carboxylic acids is 1. The second-order valence-electron chi connectivity index (χ2n) is 5.05. The van der Waals surface area contributed by atoms with Gasteiger partial charge in [0.25, 0.3) is 0 Å². The summed E-state index contributed by atoms with van der Waals surface area (Å²) >= 11 is 0. The van der Waals surface area contributed by atoms with Crippen molar-refractivity contribution in [2.45, 2.75) is 25.3 Å². The predicted molar refractivity (Wildman–Crippen MR) is 69.0 cm³/mol. The molecular formula is C13H16N2O4. The van der Waals surface area contributed by atoms with Gasteiger partial charge in [0.15, 0.2) is 0 Å². The van der Waals surface area contributed by atoms with E-state index in [4.69, 9.17) is 10.8 Å². The zero-order valence-electron chi connectivity index (χ0n) is 10.5. The molecule has 1 aromatic carbocycles. The molecular weight excluding hydrogens is 248 g/mol. The highest BCUT2D eigenvalue weighted by Gasteiger charge is 2.44. The smallest absolute Gasteiger partial charge is 0.335 e. The number of phenols is 1. The first-order valence-corrected chi connectivity index (χ1v) is 5.99. The first-order chi connectivity index (χ1) is 8.82. The first kappa shape index (κ1) is 13.4. The molecule has 6 heteroatoms. The van der Waals surface area contributed by atoms with Crippen molar-refractivity contribution in [3.63, 3.8) is 0 Å². The third kappa shape index (κ3) is 2.68. The van der Waals surface area contributed by atoms with Gasteiger partial charge in [-0.25, -0.2) is 4.79 Å². The highest BCUT2D eigenvalue weighted by Crippen LogP contribution is 2.39. The van der Waals surface area contributed by atoms with Crippen LogP contribution in [0, 0.1) is 5.92 Å². The Morgan fingerprint density at radius 2 is 2.05 bits per heavy atom. The van der Waals surface area contributed by atoms with Crippen LogP contribution in [0.1, 0.15) is 30.1 Å². The summed E-state index contributed by atoms with van der Waals surface area (Å²) < 4.78 is 0. The number of anilines is 1. The van der Waals surface area contributed by atoms with Crippen molar-refractivity contribution >= 4 is 17.6 Å². The summed E-state index contributed by atoms with van der Waals surface area (Å²) in [6, 6.07) is 3.69. The molecule has 0 aliphatic heterocycles. The number of carboxylic acid groups (broad SMARTS) is 1. The minimum Gasteiger partial charge on any atom is -0.506 e. The molecule has 1 atom stereocenters. The van der Waals surface area contributed by atoms with E-state index in [-0.39, 0.29) is 22.9 Å². The number of hydrogen-bond acceptors (Lipinski definition) is 4. The summed E-state index contributed by atoms with van der Waals surface area (Å²) in [4.78, 5) is 22.9. The van der Waals surface area contributed by atoms with E-state index in [1.54, 1.807) is 6.92 Å². The normalized spacial score (nSPS) is 17.6. The van der Waals surface area contributed by atoms with E-state index in [2.05, 4.69) is 5.32 Å². The van der Waals surface area contributed by atoms with Crippen LogP contribution >= 0.6 is 0 Å². The highest BCUT2D eigenvalue weighted by atomic mass is 16.4. The lowest BCUT2D eigenvalue weighted by atomic mass is 9.96. The summed E-state index contributed by atoms with van der Waals surface area (Å²) in [5.41, 5.74) is 4.99. The van der Waals surface area contributed by atoms with Gasteiger partial charge < -0.3 is 21.3 Å². The molecule has 1 aliphatic rings. The Kier molecular flexibility index (Phi) is 3.20. The summed E-state index contributed by atoms with van der Waals surface area (Å²) in [5.74, 6) is -1.61. The van der Waals surface area contributed by atoms with Crippen molar-refractivity contribution < 1.29 is 19.8 Å². The van der Waals surface area contributed by atoms with Crippen molar-refractivity contribution in [1.82, 2.24) is 0 Å². The molecule has 1 saturated carbocycles. The monoisotopic (exact) mass is 264 g/mol. The van der Waals surface area contributed by atoms with Gasteiger partial charge in [0, 0.05) is 0 Å². The molecule has 0 spiro atoms. The number of carboxylic acids is 1. The van der Waals surface area contributed by atoms with E-state index in [1.807, 2.05) is 0 Å². The Morgan fingerprint density at radius 3 is 2.58 bits per heavy atom. The molecule has 102 valence electrons. The van der Waals surface area contributed by atoms with E-state index >= 15 is 0 Å². The molecule has 1 aromatic rings. The highest BCUT2D eigenvalue weighted by molar-refractivity contribution is 6.00. The average molecular weight is 264 g/mol. The third-order valence-corrected chi connectivity index (χ3v) is 3.41. The molecule has 0 saturated heterocycles. The Morgan fingerprint density at radius 1 is 1.42 bits per heavy atom. The van der Waals surface area contributed by atoms with Crippen molar-refractivity contribution in [3.05, 3.63) is 23.8 Å². The minimum absolute atomic E-state index is 0.0155. The van der Waals surface area contributed by atoms with Crippen LogP contribution in [0.3, 0.4) is 0 Å². The molecule has 0 aromatic heterocycles. The number of carbonyl (C=O) groups is 2. The van der Waals surface area contributed by atoms with Crippen LogP contribution in [-0.2, 0) is 4.79 Å². The molecule has 1 fully saturated rings. The van der Waals surface area contributed by atoms with Crippen LogP contribution in [0.4, 0.5) is 5.69 Å². The van der Waals surface area contributed by atoms with Gasteiger partial charge in [0.1, 0.15) is 5.75 Å². The van der Waals surface area contributed by atoms with Gasteiger partial charge in [-0.05, 0) is 43.9 Å². The number of amides is 1. The maximum absolute atomic E-state index is 12.1. The molecule has 1 aliphatic carbocycles. The van der Waals surface area contributed by atoms with Crippen LogP contribution in [-0.4, -0.2) is 27.6 Å². The zero-order chi connectivity index (χ0) is 14.2. The second-order valence-corrected chi connectivity index (χ2v) is 5.05. The van der Waals surface area contributed by atoms with Gasteiger partial charge >= 0.3 is 5.97 Å². The lowest BCUT2D eigenvalue weighted by molar-refractivity contribution is -0.121. The number of phenolic OH excluding ortho intramolecular Hbond substituents is 1. The molecule has 0 heterocycles. The molecule has 1 amide bonds. The number of hydrogen-bond donors (Lipinski definition) is 4. The van der Waals surface area contributed by atoms with Crippen LogP contribution in [0.2, 0.25) is 0 Å². The molecule has 2 rings (SSSR count). The van der Waals surface area contributed by atoms with Crippen molar-refractivity contribution in [1.29, 1.82) is 0 Å². The van der Waals surface area contributed by atoms with Gasteiger partial charge in [-0.1, -0.05) is 0 Å². The lowest BCUT2D eigenvalue weighted by Crippen LogP contribution is -2.50. The van der Waals surface area contributed by atoms with Crippen molar-refractivity contribution in [3.8, 4) is 5.75 Å². The number of benzene rings is 1. The largest absolute Gasteiger partial charge is 0.506 e. The maximum atomic E-state index is 12.1. The number of nitrogens with two attached hydrogens (primary N) is 1. The predicted octanol–water partition coefficient (Wildman–Crippen LogP) is 1.16. The van der Waals surface area contributed by atoms with Crippen molar-refractivity contribution in [2.24, 2.45) is 11.7 Å². The lowest BCUT2D eigenvalue weighted by Gasteiger charge is -2.23. The molecule has 19 heavy (non-hydrogen) atoms. The van der Waals surface area contributed by atoms with Crippen LogP contribution in [0.5, 0.6) is 5.75 Å². The van der Waals surface area contributed by atoms with E-state index in [0.29, 0.717) is 0 Å². The Hall–Kier alpha value is -2.08. The maximum Gasteiger partial charge on any atom is 0.335 e. The summed E-state index contributed by atoms with van der Waals surface area (Å²) in [7, 11) is 0. The number of aromatic carboxylic acids is 1. The fraction of sp³-hybridized carbons (Fsp3) is 0.385. The van der Waals surface area contributed by atoms with Gasteiger partial charge in [-0.2, -0.15) is 0 Å². The summed E-state index contributed by atoms with van der Waals surface area (Å²) in [6.07, 6.45) is 1.81. The number of rotatable bonds is 4. The second kappa shape index (κ2) is 4.55. The van der Waals surface area contributed by atoms with Crippen LogP contribution < -0.4 is 11.1 Å². The van der Waals surface area contributed by atoms with Crippen LogP contribution in [0.15, 0.2) is 18.2 Å². The van der Waals surface area contributed by atoms with E-state index < -0.39 is 17.4 Å². The molecule has 5 N–H and O–H groups in total. The Labute approximate surface area is 110 Å². The standard InChI is InChI=1S/C13H16N2O4/c1-13(14,8-3-4-8)12(19)15-9-6-7(11(17)18)2-5-10(9)16/h2,5-6,8,16H,3-4,14H2,1H3,(H,15,19)(H,17,18). The molecule has 6 nitrogen and oxygen atoms in total. The summed E-state index contributed by atoms with van der Waals surface area (Å²) in [5, 5.41) is 21.0. The first-order valence-electron chi connectivity index (χ1n) is 5.99. The quantitative estimate of drug-likeness (QED) is 0.609. The number of nitrogens with one attached hydrogen (secondary N) is 1. The fourth-order valence-electron chi connectivity index (χ4n) is 1.89. The van der Waals surface area contributed by atoms with Gasteiger partial charge in [-0.15, -0.1) is 0 Å². The van der Waals surface area contributed by atoms with Crippen molar-refractivity contribution in [2.75, 3.05) is 5.32 Å². The van der Waals surface area contributed by atoms with E-state index in [0.717, 1.165) is 12.8 Å². The number of aromatic hydroxyl groups is 1. The average Bonchev–Trinajstić information content (AvgIpc) is 3.15. The van der Waals surface area contributed by atoms with Gasteiger partial charge in [0.2, 0.25) is 5.91 Å². The molecule has 0 bridgehead atoms. The SMILES string of the molecule is CC(N)(C(=O)Nc1cc(C(=O)O)ccc1O)C1CC1. The van der Waals surface area contributed by atoms with E-state index in [1.165, 1.54) is 18.2 Å². The van der Waals surface area contributed by atoms with E-state index in [9.17, 15) is 14.7 Å². The van der Waals surface area contributed by atoms with Crippen LogP contribution in [0.25, 0.3) is 0 Å². The minimum atomic E-state index is -1.13. The fourth-order valence-corrected chi connectivity index (χ4v) is 1.89. The van der Waals surface area contributed by atoms with Gasteiger partial charge in [-0.3, -0.25) is 4.79 Å². The third-order valence-electron chi connectivity index (χ3n) is 3.41. The molecule has 0 radical (unpaired) electrons. The topological polar surface area (TPSA) is 113 Å². The summed E-state index contributed by atoms with van der Waals surface area (Å²) in [6.45, 7) is 1.64. The zero-order valence-corrected chi connectivity index (χ0v) is 10.5. The Bertz CT molecular complexity index is 535.